The molecule has 0 spiro atoms. The second kappa shape index (κ2) is 8.94. The molecule has 0 atom stereocenters. The van der Waals surface area contributed by atoms with Crippen LogP contribution in [0.3, 0.4) is 0 Å². The summed E-state index contributed by atoms with van der Waals surface area (Å²) in [5.74, 6) is 2.00. The Balaban J connectivity index is 1.58. The normalized spacial score (nSPS) is 13.3. The summed E-state index contributed by atoms with van der Waals surface area (Å²) in [4.78, 5) is 12.1. The van der Waals surface area contributed by atoms with Gasteiger partial charge in [0.05, 0.1) is 19.8 Å². The first-order valence-corrected chi connectivity index (χ1v) is 8.86. The SMILES string of the molecule is CCCOc1ccc(/C=C\C(=O)Nc2ccc3c(c2)OCCCO3)cc1. The van der Waals surface area contributed by atoms with Crippen molar-refractivity contribution >= 4 is 17.7 Å². The molecule has 2 aromatic carbocycles. The van der Waals surface area contributed by atoms with Crippen LogP contribution in [0.1, 0.15) is 25.3 Å². The average molecular weight is 353 g/mol. The van der Waals surface area contributed by atoms with E-state index in [-0.39, 0.29) is 5.91 Å². The molecule has 0 saturated heterocycles. The second-order valence-corrected chi connectivity index (χ2v) is 5.95. The van der Waals surface area contributed by atoms with Crippen molar-refractivity contribution in [3.8, 4) is 17.2 Å². The van der Waals surface area contributed by atoms with Crippen molar-refractivity contribution in [2.45, 2.75) is 19.8 Å². The van der Waals surface area contributed by atoms with Crippen LogP contribution in [-0.4, -0.2) is 25.7 Å². The maximum atomic E-state index is 12.1. The number of hydrogen-bond donors (Lipinski definition) is 1. The highest BCUT2D eigenvalue weighted by Gasteiger charge is 2.11. The van der Waals surface area contributed by atoms with Crippen molar-refractivity contribution in [3.63, 3.8) is 0 Å². The summed E-state index contributed by atoms with van der Waals surface area (Å²) in [5, 5.41) is 2.84. The third-order valence-electron chi connectivity index (χ3n) is 3.80. The molecule has 0 fully saturated rings. The summed E-state index contributed by atoms with van der Waals surface area (Å²) < 4.78 is 16.8. The molecule has 5 nitrogen and oxygen atoms in total. The van der Waals surface area contributed by atoms with Crippen LogP contribution < -0.4 is 19.5 Å². The van der Waals surface area contributed by atoms with Crippen molar-refractivity contribution in [1.82, 2.24) is 0 Å². The summed E-state index contributed by atoms with van der Waals surface area (Å²) in [7, 11) is 0. The number of anilines is 1. The first kappa shape index (κ1) is 17.9. The lowest BCUT2D eigenvalue weighted by atomic mass is 10.2. The minimum atomic E-state index is -0.203. The number of benzene rings is 2. The van der Waals surface area contributed by atoms with Crippen LogP contribution in [0.15, 0.2) is 48.5 Å². The standard InChI is InChI=1S/C21H23NO4/c1-2-12-24-18-8-4-16(5-9-18)6-11-21(23)22-17-7-10-19-20(15-17)26-14-3-13-25-19/h4-11,15H,2-3,12-14H2,1H3,(H,22,23)/b11-6-. The van der Waals surface area contributed by atoms with E-state index < -0.39 is 0 Å². The van der Waals surface area contributed by atoms with Crippen LogP contribution in [0.4, 0.5) is 5.69 Å². The first-order chi connectivity index (χ1) is 12.7. The van der Waals surface area contributed by atoms with Gasteiger partial charge in [-0.3, -0.25) is 4.79 Å². The van der Waals surface area contributed by atoms with Gasteiger partial charge in [-0.05, 0) is 42.3 Å². The van der Waals surface area contributed by atoms with Gasteiger partial charge in [0.25, 0.3) is 0 Å². The molecule has 1 aliphatic heterocycles. The van der Waals surface area contributed by atoms with Crippen molar-refractivity contribution in [3.05, 3.63) is 54.1 Å². The number of amides is 1. The molecule has 3 rings (SSSR count). The van der Waals surface area contributed by atoms with Gasteiger partial charge in [0.1, 0.15) is 5.75 Å². The van der Waals surface area contributed by atoms with Crippen molar-refractivity contribution < 1.29 is 19.0 Å². The van der Waals surface area contributed by atoms with E-state index in [1.165, 1.54) is 6.08 Å². The monoisotopic (exact) mass is 353 g/mol. The van der Waals surface area contributed by atoms with Gasteiger partial charge in [-0.2, -0.15) is 0 Å². The molecule has 1 aliphatic rings. The Morgan fingerprint density at radius 3 is 2.65 bits per heavy atom. The Labute approximate surface area is 153 Å². The summed E-state index contributed by atoms with van der Waals surface area (Å²) in [6.45, 7) is 4.03. The first-order valence-electron chi connectivity index (χ1n) is 8.86. The Hall–Kier alpha value is -2.95. The van der Waals surface area contributed by atoms with Gasteiger partial charge in [0.2, 0.25) is 5.91 Å². The zero-order chi connectivity index (χ0) is 18.2. The highest BCUT2D eigenvalue weighted by atomic mass is 16.5. The fourth-order valence-electron chi connectivity index (χ4n) is 2.49. The van der Waals surface area contributed by atoms with E-state index in [0.29, 0.717) is 37.0 Å². The minimum absolute atomic E-state index is 0.203. The van der Waals surface area contributed by atoms with E-state index in [0.717, 1.165) is 24.2 Å². The maximum absolute atomic E-state index is 12.1. The van der Waals surface area contributed by atoms with Crippen LogP contribution in [-0.2, 0) is 4.79 Å². The highest BCUT2D eigenvalue weighted by Crippen LogP contribution is 2.32. The lowest BCUT2D eigenvalue weighted by molar-refractivity contribution is -0.111. The quantitative estimate of drug-likeness (QED) is 0.787. The molecule has 0 radical (unpaired) electrons. The fourth-order valence-corrected chi connectivity index (χ4v) is 2.49. The lowest BCUT2D eigenvalue weighted by Gasteiger charge is -2.09. The third-order valence-corrected chi connectivity index (χ3v) is 3.80. The Morgan fingerprint density at radius 1 is 1.12 bits per heavy atom. The van der Waals surface area contributed by atoms with Gasteiger partial charge in [0, 0.05) is 24.3 Å². The molecule has 136 valence electrons. The number of nitrogens with one attached hydrogen (secondary N) is 1. The predicted molar refractivity (Wildman–Crippen MR) is 102 cm³/mol. The molecule has 26 heavy (non-hydrogen) atoms. The van der Waals surface area contributed by atoms with Crippen LogP contribution >= 0.6 is 0 Å². The molecule has 5 heteroatoms. The molecule has 0 bridgehead atoms. The summed E-state index contributed by atoms with van der Waals surface area (Å²) in [5.41, 5.74) is 1.61. The molecule has 2 aromatic rings. The average Bonchev–Trinajstić information content (AvgIpc) is 2.90. The zero-order valence-corrected chi connectivity index (χ0v) is 14.9. The molecule has 1 heterocycles. The van der Waals surface area contributed by atoms with Crippen molar-refractivity contribution in [1.29, 1.82) is 0 Å². The van der Waals surface area contributed by atoms with Gasteiger partial charge < -0.3 is 19.5 Å². The van der Waals surface area contributed by atoms with Crippen LogP contribution in [0.5, 0.6) is 17.2 Å². The third kappa shape index (κ3) is 5.02. The highest BCUT2D eigenvalue weighted by molar-refractivity contribution is 6.02. The molecule has 0 unspecified atom stereocenters. The second-order valence-electron chi connectivity index (χ2n) is 5.95. The molecule has 1 N–H and O–H groups in total. The van der Waals surface area contributed by atoms with E-state index in [9.17, 15) is 4.79 Å². The molecular weight excluding hydrogens is 330 g/mol. The summed E-state index contributed by atoms with van der Waals surface area (Å²) in [6, 6.07) is 13.0. The summed E-state index contributed by atoms with van der Waals surface area (Å²) in [6.07, 6.45) is 5.09. The lowest BCUT2D eigenvalue weighted by Crippen LogP contribution is -2.08. The van der Waals surface area contributed by atoms with Crippen LogP contribution in [0, 0.1) is 0 Å². The maximum Gasteiger partial charge on any atom is 0.248 e. The number of carbonyl (C=O) groups is 1. The zero-order valence-electron chi connectivity index (χ0n) is 14.9. The molecule has 1 amide bonds. The topological polar surface area (TPSA) is 56.8 Å². The smallest absolute Gasteiger partial charge is 0.248 e. The number of fused-ring (bicyclic) bond motifs is 1. The van der Waals surface area contributed by atoms with E-state index in [1.54, 1.807) is 18.2 Å². The Morgan fingerprint density at radius 2 is 1.88 bits per heavy atom. The minimum Gasteiger partial charge on any atom is -0.494 e. The molecule has 0 aliphatic carbocycles. The Bertz CT molecular complexity index is 768. The van der Waals surface area contributed by atoms with Gasteiger partial charge in [-0.15, -0.1) is 0 Å². The van der Waals surface area contributed by atoms with E-state index in [2.05, 4.69) is 12.2 Å². The van der Waals surface area contributed by atoms with Crippen molar-refractivity contribution in [2.24, 2.45) is 0 Å². The van der Waals surface area contributed by atoms with Gasteiger partial charge in [0.15, 0.2) is 11.5 Å². The van der Waals surface area contributed by atoms with Gasteiger partial charge in [-0.25, -0.2) is 0 Å². The molecule has 0 saturated carbocycles. The van der Waals surface area contributed by atoms with Crippen molar-refractivity contribution in [2.75, 3.05) is 25.1 Å². The number of rotatable bonds is 6. The number of hydrogen-bond acceptors (Lipinski definition) is 4. The van der Waals surface area contributed by atoms with Gasteiger partial charge >= 0.3 is 0 Å². The fraction of sp³-hybridized carbons (Fsp3) is 0.286. The molecular formula is C21H23NO4. The van der Waals surface area contributed by atoms with Crippen LogP contribution in [0.2, 0.25) is 0 Å². The van der Waals surface area contributed by atoms with Crippen LogP contribution in [0.25, 0.3) is 6.08 Å². The van der Waals surface area contributed by atoms with E-state index >= 15 is 0 Å². The number of ether oxygens (including phenoxy) is 3. The predicted octanol–water partition coefficient (Wildman–Crippen LogP) is 4.29. The van der Waals surface area contributed by atoms with E-state index in [4.69, 9.17) is 14.2 Å². The largest absolute Gasteiger partial charge is 0.494 e. The number of carbonyl (C=O) groups excluding carboxylic acids is 1. The van der Waals surface area contributed by atoms with Gasteiger partial charge in [-0.1, -0.05) is 19.1 Å². The van der Waals surface area contributed by atoms with E-state index in [1.807, 2.05) is 30.3 Å². The molecule has 0 aromatic heterocycles. The Kier molecular flexibility index (Phi) is 6.14. The summed E-state index contributed by atoms with van der Waals surface area (Å²) >= 11 is 0.